The highest BCUT2D eigenvalue weighted by Gasteiger charge is 2.36. The molecular weight excluding hydrogens is 921 g/mol. The smallest absolute Gasteiger partial charge is 0.113 e. The Hall–Kier alpha value is -9.28. The Morgan fingerprint density at radius 1 is 0.253 bits per heavy atom. The van der Waals surface area contributed by atoms with Crippen LogP contribution in [0.25, 0.3) is 87.6 Å². The molecule has 75 heavy (non-hydrogen) atoms. The van der Waals surface area contributed by atoms with Gasteiger partial charge in [-0.1, -0.05) is 225 Å². The summed E-state index contributed by atoms with van der Waals surface area (Å²) >= 11 is 0. The van der Waals surface area contributed by atoms with Gasteiger partial charge in [0.25, 0.3) is 0 Å². The largest absolute Gasteiger partial charge is 0.311 e. The van der Waals surface area contributed by atoms with Crippen LogP contribution in [0.15, 0.2) is 279 Å². The topological polar surface area (TPSA) is 6.48 Å². The minimum atomic E-state index is -2.23. The lowest BCUT2D eigenvalue weighted by Crippen LogP contribution is -2.55. The fourth-order valence-corrected chi connectivity index (χ4v) is 15.2. The van der Waals surface area contributed by atoms with Crippen LogP contribution in [0.3, 0.4) is 0 Å². The van der Waals surface area contributed by atoms with Gasteiger partial charge in [0.1, 0.15) is 8.07 Å². The monoisotopic (exact) mass is 972 g/mol. The third kappa shape index (κ3) is 7.54. The van der Waals surface area contributed by atoms with Crippen molar-refractivity contribution in [1.82, 2.24) is 0 Å². The maximum atomic E-state index is 2.55. The van der Waals surface area contributed by atoms with E-state index in [9.17, 15) is 0 Å². The Kier molecular flexibility index (Phi) is 10.7. The Labute approximate surface area is 439 Å². The molecule has 0 spiro atoms. The summed E-state index contributed by atoms with van der Waals surface area (Å²) in [4.78, 5) is 4.85. The van der Waals surface area contributed by atoms with Crippen LogP contribution in [0, 0.1) is 0 Å². The van der Waals surface area contributed by atoms with Crippen molar-refractivity contribution in [1.29, 1.82) is 0 Å². The second-order valence-corrected chi connectivity index (χ2v) is 24.8. The van der Waals surface area contributed by atoms with Gasteiger partial charge in [-0.2, -0.15) is 0 Å². The number of fused-ring (bicyclic) bond motifs is 7. The molecule has 0 N–H and O–H groups in total. The summed E-state index contributed by atoms with van der Waals surface area (Å²) in [7, 11) is -2.23. The third-order valence-electron chi connectivity index (χ3n) is 15.8. The average molecular weight is 973 g/mol. The molecule has 0 fully saturated rings. The van der Waals surface area contributed by atoms with E-state index in [1.807, 2.05) is 0 Å². The maximum Gasteiger partial charge on any atom is 0.113 e. The van der Waals surface area contributed by atoms with Gasteiger partial charge in [0.05, 0.1) is 11.4 Å². The molecule has 0 unspecified atom stereocenters. The molecule has 0 saturated heterocycles. The molecule has 2 nitrogen and oxygen atoms in total. The molecular formula is C72H52N2Si. The van der Waals surface area contributed by atoms with Gasteiger partial charge in [-0.25, -0.2) is 0 Å². The van der Waals surface area contributed by atoms with E-state index >= 15 is 0 Å². The van der Waals surface area contributed by atoms with E-state index in [1.165, 1.54) is 109 Å². The summed E-state index contributed by atoms with van der Waals surface area (Å²) < 4.78 is 0. The molecule has 1 aliphatic heterocycles. The van der Waals surface area contributed by atoms with Crippen molar-refractivity contribution >= 4 is 95.7 Å². The molecule has 0 saturated carbocycles. The van der Waals surface area contributed by atoms with Crippen LogP contribution in [-0.2, 0) is 0 Å². The van der Waals surface area contributed by atoms with Crippen LogP contribution in [0.2, 0.25) is 13.1 Å². The molecule has 3 heteroatoms. The second kappa shape index (κ2) is 18.0. The molecule has 13 aromatic carbocycles. The third-order valence-corrected chi connectivity index (χ3v) is 19.3. The summed E-state index contributed by atoms with van der Waals surface area (Å²) in [6.45, 7) is 5.10. The average Bonchev–Trinajstić information content (AvgIpc) is 3.48. The van der Waals surface area contributed by atoms with E-state index < -0.39 is 8.07 Å². The van der Waals surface area contributed by atoms with Crippen LogP contribution < -0.4 is 20.2 Å². The number of anilines is 6. The molecule has 354 valence electrons. The van der Waals surface area contributed by atoms with Crippen molar-refractivity contribution in [2.45, 2.75) is 13.1 Å². The highest BCUT2D eigenvalue weighted by atomic mass is 28.3. The van der Waals surface area contributed by atoms with Crippen molar-refractivity contribution in [3.63, 3.8) is 0 Å². The number of hydrogen-bond donors (Lipinski definition) is 0. The molecule has 0 aliphatic carbocycles. The summed E-state index contributed by atoms with van der Waals surface area (Å²) in [5.41, 5.74) is 16.8. The minimum absolute atomic E-state index is 1.11. The summed E-state index contributed by atoms with van der Waals surface area (Å²) in [6, 6.07) is 103. The number of rotatable bonds is 9. The summed E-state index contributed by atoms with van der Waals surface area (Å²) in [5.74, 6) is 0. The van der Waals surface area contributed by atoms with E-state index in [0.717, 1.165) is 22.7 Å². The van der Waals surface area contributed by atoms with Crippen LogP contribution in [0.5, 0.6) is 0 Å². The Morgan fingerprint density at radius 2 is 0.707 bits per heavy atom. The number of hydrogen-bond acceptors (Lipinski definition) is 2. The first-order valence-electron chi connectivity index (χ1n) is 26.1. The normalized spacial score (nSPS) is 12.5. The lowest BCUT2D eigenvalue weighted by atomic mass is 9.89. The van der Waals surface area contributed by atoms with Gasteiger partial charge < -0.3 is 9.80 Å². The van der Waals surface area contributed by atoms with Crippen LogP contribution >= 0.6 is 0 Å². The molecule has 0 bridgehead atoms. The van der Waals surface area contributed by atoms with Crippen LogP contribution in [0.4, 0.5) is 34.1 Å². The van der Waals surface area contributed by atoms with E-state index in [-0.39, 0.29) is 0 Å². The van der Waals surface area contributed by atoms with Gasteiger partial charge in [-0.3, -0.25) is 0 Å². The van der Waals surface area contributed by atoms with Gasteiger partial charge in [0.15, 0.2) is 0 Å². The Bertz CT molecular complexity index is 4200. The highest BCUT2D eigenvalue weighted by Crippen LogP contribution is 2.48. The lowest BCUT2D eigenvalue weighted by molar-refractivity contribution is 1.28. The first kappa shape index (κ1) is 44.4. The summed E-state index contributed by atoms with van der Waals surface area (Å²) in [6.07, 6.45) is 0. The van der Waals surface area contributed by atoms with E-state index in [4.69, 9.17) is 0 Å². The number of nitrogens with zero attached hydrogens (tertiary/aromatic N) is 2. The summed E-state index contributed by atoms with van der Waals surface area (Å²) in [5, 5.41) is 13.2. The Balaban J connectivity index is 0.877. The van der Waals surface area contributed by atoms with E-state index in [1.54, 1.807) is 0 Å². The van der Waals surface area contributed by atoms with Gasteiger partial charge in [-0.15, -0.1) is 0 Å². The van der Waals surface area contributed by atoms with Crippen LogP contribution in [-0.4, -0.2) is 8.07 Å². The number of benzene rings is 13. The predicted octanol–water partition coefficient (Wildman–Crippen LogP) is 19.0. The zero-order valence-electron chi connectivity index (χ0n) is 42.0. The molecule has 14 rings (SSSR count). The molecule has 1 aliphatic rings. The molecule has 13 aromatic rings. The fourth-order valence-electron chi connectivity index (χ4n) is 12.1. The molecule has 0 aromatic heterocycles. The molecule has 0 radical (unpaired) electrons. The predicted molar refractivity (Wildman–Crippen MR) is 324 cm³/mol. The van der Waals surface area contributed by atoms with E-state index in [2.05, 4.69) is 302 Å². The van der Waals surface area contributed by atoms with Gasteiger partial charge in [0, 0.05) is 33.5 Å². The van der Waals surface area contributed by atoms with Crippen LogP contribution in [0.1, 0.15) is 0 Å². The SMILES string of the molecule is C[Si]1(C)c2cc(-c3ccc(N(c4ccc(-c5ccccc5)cc4)c4ccc(-c5ccccc5)cc4)cc3)ccc2-c2cc3c4ccccc4c(N(c4ccccc4)c4cccc5ccccc45)cc3c3cccc1c23. The van der Waals surface area contributed by atoms with Crippen molar-refractivity contribution in [2.75, 3.05) is 9.80 Å². The minimum Gasteiger partial charge on any atom is -0.311 e. The molecule has 0 atom stereocenters. The van der Waals surface area contributed by atoms with Gasteiger partial charge >= 0.3 is 0 Å². The second-order valence-electron chi connectivity index (χ2n) is 20.5. The zero-order valence-corrected chi connectivity index (χ0v) is 43.0. The number of para-hydroxylation sites is 1. The fraction of sp³-hybridized carbons (Fsp3) is 0.0278. The highest BCUT2D eigenvalue weighted by molar-refractivity contribution is 7.03. The quantitative estimate of drug-likeness (QED) is 0.105. The van der Waals surface area contributed by atoms with Crippen molar-refractivity contribution < 1.29 is 0 Å². The van der Waals surface area contributed by atoms with Crippen molar-refractivity contribution in [3.8, 4) is 44.5 Å². The zero-order chi connectivity index (χ0) is 50.0. The first-order valence-corrected chi connectivity index (χ1v) is 29.1. The standard InChI is InChI=1S/C72H52N2Si/c1-75(2)70-31-17-29-64-66-48-69(74(56-24-10-5-11-25-56)68-30-16-23-54-22-12-13-26-60(54)68)62-28-15-14-27-61(62)65(66)47-67(72(64)70)63-45-38-55(46-71(63)75)53-36-43-59(44-37-53)73(57-39-32-51(33-40-57)49-18-6-3-7-19-49)58-41-34-52(35-42-58)50-20-8-4-9-21-50/h3-48H,1-2H3. The van der Waals surface area contributed by atoms with Crippen molar-refractivity contribution in [2.24, 2.45) is 0 Å². The first-order chi connectivity index (χ1) is 37.0. The van der Waals surface area contributed by atoms with Gasteiger partial charge in [0.2, 0.25) is 0 Å². The lowest BCUT2D eigenvalue weighted by Gasteiger charge is -2.35. The van der Waals surface area contributed by atoms with Crippen molar-refractivity contribution in [3.05, 3.63) is 279 Å². The van der Waals surface area contributed by atoms with Gasteiger partial charge in [-0.05, 0) is 154 Å². The molecule has 1 heterocycles. The van der Waals surface area contributed by atoms with E-state index in [0.29, 0.717) is 0 Å². The Morgan fingerprint density at radius 3 is 1.33 bits per heavy atom. The maximum absolute atomic E-state index is 2.55. The molecule has 0 amide bonds.